The number of carbonyl (C=O) groups excluding carboxylic acids is 1. The van der Waals surface area contributed by atoms with Crippen LogP contribution >= 0.6 is 0 Å². The predicted molar refractivity (Wildman–Crippen MR) is 101 cm³/mol. The molecule has 4 rings (SSSR count). The molecule has 132 valence electrons. The number of piperazine rings is 1. The summed E-state index contributed by atoms with van der Waals surface area (Å²) >= 11 is 0. The molecule has 0 aliphatic carbocycles. The maximum absolute atomic E-state index is 12.2. The normalized spacial score (nSPS) is 17.8. The zero-order chi connectivity index (χ0) is 17.8. The van der Waals surface area contributed by atoms with Crippen molar-refractivity contribution in [2.24, 2.45) is 0 Å². The van der Waals surface area contributed by atoms with Gasteiger partial charge in [0.1, 0.15) is 5.76 Å². The van der Waals surface area contributed by atoms with E-state index in [1.165, 1.54) is 11.1 Å². The topological polar surface area (TPSA) is 45.5 Å². The third-order valence-electron chi connectivity index (χ3n) is 4.73. The van der Waals surface area contributed by atoms with E-state index < -0.39 is 0 Å². The Bertz CT molecular complexity index is 859. The Labute approximate surface area is 153 Å². The summed E-state index contributed by atoms with van der Waals surface area (Å²) in [5.41, 5.74) is 3.51. The Kier molecular flexibility index (Phi) is 4.84. The van der Waals surface area contributed by atoms with E-state index in [1.54, 1.807) is 6.26 Å². The highest BCUT2D eigenvalue weighted by Crippen LogP contribution is 2.25. The Morgan fingerprint density at radius 3 is 2.62 bits per heavy atom. The molecule has 4 nitrogen and oxygen atoms in total. The van der Waals surface area contributed by atoms with Crippen molar-refractivity contribution in [3.8, 4) is 11.3 Å². The van der Waals surface area contributed by atoms with Crippen molar-refractivity contribution in [3.05, 3.63) is 84.1 Å². The summed E-state index contributed by atoms with van der Waals surface area (Å²) in [6.07, 6.45) is 2.54. The lowest BCUT2D eigenvalue weighted by molar-refractivity contribution is -0.125. The van der Waals surface area contributed by atoms with Gasteiger partial charge in [0.05, 0.1) is 12.8 Å². The van der Waals surface area contributed by atoms with Crippen LogP contribution in [0.1, 0.15) is 11.1 Å². The second-order valence-electron chi connectivity index (χ2n) is 6.76. The molecule has 1 saturated heterocycles. The molecule has 1 amide bonds. The van der Waals surface area contributed by atoms with Gasteiger partial charge < -0.3 is 9.73 Å². The van der Waals surface area contributed by atoms with Crippen molar-refractivity contribution in [1.82, 2.24) is 10.2 Å². The number of carbonyl (C=O) groups is 1. The molecule has 2 heterocycles. The molecule has 4 heteroatoms. The van der Waals surface area contributed by atoms with Gasteiger partial charge in [0.25, 0.3) is 0 Å². The summed E-state index contributed by atoms with van der Waals surface area (Å²) in [5, 5.41) is 3.12. The highest BCUT2D eigenvalue weighted by molar-refractivity contribution is 5.79. The summed E-state index contributed by atoms with van der Waals surface area (Å²) in [7, 11) is 0. The molecule has 26 heavy (non-hydrogen) atoms. The molecule has 3 aromatic rings. The van der Waals surface area contributed by atoms with Crippen LogP contribution in [0.25, 0.3) is 11.3 Å². The van der Waals surface area contributed by atoms with Crippen molar-refractivity contribution in [1.29, 1.82) is 0 Å². The number of rotatable bonds is 5. The third-order valence-corrected chi connectivity index (χ3v) is 4.73. The van der Waals surface area contributed by atoms with Crippen LogP contribution in [0.3, 0.4) is 0 Å². The van der Waals surface area contributed by atoms with Crippen LogP contribution in [0.2, 0.25) is 0 Å². The number of benzene rings is 2. The minimum absolute atomic E-state index is 0.0904. The third kappa shape index (κ3) is 3.86. The van der Waals surface area contributed by atoms with Gasteiger partial charge in [0, 0.05) is 24.7 Å². The molecule has 1 fully saturated rings. The molecule has 1 aliphatic rings. The van der Waals surface area contributed by atoms with Gasteiger partial charge in [-0.15, -0.1) is 0 Å². The molecule has 1 aromatic heterocycles. The summed E-state index contributed by atoms with van der Waals surface area (Å²) < 4.78 is 5.57. The standard InChI is InChI=1S/C22H22N2O2/c25-22-16-24(15-19(23-22)13-17-7-2-1-3-8-17)14-18-9-4-5-10-20(18)21-11-6-12-26-21/h1-12,19H,13-16H2,(H,23,25)/t19-/m0/s1. The van der Waals surface area contributed by atoms with Crippen molar-refractivity contribution < 1.29 is 9.21 Å². The number of furan rings is 1. The van der Waals surface area contributed by atoms with Crippen LogP contribution in [-0.4, -0.2) is 29.9 Å². The SMILES string of the molecule is O=C1CN(Cc2ccccc2-c2ccco2)C[C@H](Cc2ccccc2)N1. The summed E-state index contributed by atoms with van der Waals surface area (Å²) in [5.74, 6) is 0.954. The fourth-order valence-corrected chi connectivity index (χ4v) is 3.60. The van der Waals surface area contributed by atoms with Crippen LogP contribution in [0, 0.1) is 0 Å². The lowest BCUT2D eigenvalue weighted by Crippen LogP contribution is -2.54. The van der Waals surface area contributed by atoms with E-state index in [4.69, 9.17) is 4.42 Å². The van der Waals surface area contributed by atoms with E-state index in [2.05, 4.69) is 34.5 Å². The van der Waals surface area contributed by atoms with Gasteiger partial charge in [-0.2, -0.15) is 0 Å². The molecular formula is C22H22N2O2. The Morgan fingerprint density at radius 1 is 1.00 bits per heavy atom. The van der Waals surface area contributed by atoms with Crippen LogP contribution < -0.4 is 5.32 Å². The summed E-state index contributed by atoms with van der Waals surface area (Å²) in [6, 6.07) is 22.5. The molecule has 0 saturated carbocycles. The van der Waals surface area contributed by atoms with Crippen LogP contribution in [0.4, 0.5) is 0 Å². The van der Waals surface area contributed by atoms with E-state index in [-0.39, 0.29) is 11.9 Å². The number of hydrogen-bond acceptors (Lipinski definition) is 3. The number of nitrogens with zero attached hydrogens (tertiary/aromatic N) is 1. The van der Waals surface area contributed by atoms with Crippen molar-refractivity contribution in [2.45, 2.75) is 19.0 Å². The molecule has 1 N–H and O–H groups in total. The van der Waals surface area contributed by atoms with E-state index >= 15 is 0 Å². The molecule has 0 radical (unpaired) electrons. The molecular weight excluding hydrogens is 324 g/mol. The first-order chi connectivity index (χ1) is 12.8. The second kappa shape index (κ2) is 7.58. The summed E-state index contributed by atoms with van der Waals surface area (Å²) in [6.45, 7) is 2.00. The van der Waals surface area contributed by atoms with Crippen molar-refractivity contribution in [2.75, 3.05) is 13.1 Å². The number of amides is 1. The molecule has 0 spiro atoms. The van der Waals surface area contributed by atoms with E-state index in [0.717, 1.165) is 30.8 Å². The number of hydrogen-bond donors (Lipinski definition) is 1. The highest BCUT2D eigenvalue weighted by atomic mass is 16.3. The summed E-state index contributed by atoms with van der Waals surface area (Å²) in [4.78, 5) is 14.4. The fraction of sp³-hybridized carbons (Fsp3) is 0.227. The number of nitrogens with one attached hydrogen (secondary N) is 1. The van der Waals surface area contributed by atoms with E-state index in [1.807, 2.05) is 42.5 Å². The quantitative estimate of drug-likeness (QED) is 0.769. The first kappa shape index (κ1) is 16.6. The monoisotopic (exact) mass is 346 g/mol. The molecule has 1 atom stereocenters. The zero-order valence-corrected chi connectivity index (χ0v) is 14.6. The smallest absolute Gasteiger partial charge is 0.234 e. The van der Waals surface area contributed by atoms with Gasteiger partial charge in [-0.05, 0) is 29.7 Å². The van der Waals surface area contributed by atoms with E-state index in [0.29, 0.717) is 6.54 Å². The minimum atomic E-state index is 0.0904. The minimum Gasteiger partial charge on any atom is -0.464 e. The molecule has 2 aromatic carbocycles. The highest BCUT2D eigenvalue weighted by Gasteiger charge is 2.25. The van der Waals surface area contributed by atoms with Gasteiger partial charge >= 0.3 is 0 Å². The van der Waals surface area contributed by atoms with Crippen LogP contribution in [0.5, 0.6) is 0 Å². The van der Waals surface area contributed by atoms with Gasteiger partial charge in [-0.25, -0.2) is 0 Å². The van der Waals surface area contributed by atoms with Crippen LogP contribution in [0.15, 0.2) is 77.4 Å². The first-order valence-electron chi connectivity index (χ1n) is 8.95. The maximum Gasteiger partial charge on any atom is 0.234 e. The largest absolute Gasteiger partial charge is 0.464 e. The lowest BCUT2D eigenvalue weighted by atomic mass is 10.0. The van der Waals surface area contributed by atoms with Gasteiger partial charge in [-0.3, -0.25) is 9.69 Å². The second-order valence-corrected chi connectivity index (χ2v) is 6.76. The van der Waals surface area contributed by atoms with Gasteiger partial charge in [0.2, 0.25) is 5.91 Å². The van der Waals surface area contributed by atoms with Crippen LogP contribution in [-0.2, 0) is 17.8 Å². The Morgan fingerprint density at radius 2 is 1.81 bits per heavy atom. The molecule has 0 bridgehead atoms. The first-order valence-corrected chi connectivity index (χ1v) is 8.95. The lowest BCUT2D eigenvalue weighted by Gasteiger charge is -2.33. The van der Waals surface area contributed by atoms with E-state index in [9.17, 15) is 4.79 Å². The Balaban J connectivity index is 1.49. The van der Waals surface area contributed by atoms with Crippen molar-refractivity contribution >= 4 is 5.91 Å². The van der Waals surface area contributed by atoms with Gasteiger partial charge in [-0.1, -0.05) is 54.6 Å². The van der Waals surface area contributed by atoms with Gasteiger partial charge in [0.15, 0.2) is 0 Å². The molecule has 1 aliphatic heterocycles. The molecule has 0 unspecified atom stereocenters. The van der Waals surface area contributed by atoms with Crippen molar-refractivity contribution in [3.63, 3.8) is 0 Å². The average molecular weight is 346 g/mol. The predicted octanol–water partition coefficient (Wildman–Crippen LogP) is 3.49. The average Bonchev–Trinajstić information content (AvgIpc) is 3.17. The maximum atomic E-state index is 12.2. The Hall–Kier alpha value is -2.85. The zero-order valence-electron chi connectivity index (χ0n) is 14.6. The fourth-order valence-electron chi connectivity index (χ4n) is 3.60.